The van der Waals surface area contributed by atoms with Gasteiger partial charge >= 0.3 is 0 Å². The van der Waals surface area contributed by atoms with Crippen LogP contribution in [0.3, 0.4) is 0 Å². The van der Waals surface area contributed by atoms with Crippen molar-refractivity contribution in [1.29, 1.82) is 0 Å². The molecule has 0 amide bonds. The van der Waals surface area contributed by atoms with Crippen LogP contribution in [0.1, 0.15) is 13.3 Å². The van der Waals surface area contributed by atoms with Crippen LogP contribution in [0.4, 0.5) is 0 Å². The minimum Gasteiger partial charge on any atom is -0.373 e. The molecule has 1 aliphatic heterocycles. The average Bonchev–Trinajstić information content (AvgIpc) is 1.96. The summed E-state index contributed by atoms with van der Waals surface area (Å²) in [7, 11) is 1.56. The van der Waals surface area contributed by atoms with E-state index in [0.29, 0.717) is 13.0 Å². The molecule has 0 aromatic heterocycles. The molecule has 0 saturated carbocycles. The first-order valence-electron chi connectivity index (χ1n) is 3.35. The number of ether oxygens (including phenoxy) is 2. The van der Waals surface area contributed by atoms with E-state index in [2.05, 4.69) is 0 Å². The van der Waals surface area contributed by atoms with E-state index in [9.17, 15) is 4.79 Å². The largest absolute Gasteiger partial charge is 0.373 e. The number of Topliss-reactive ketones (excluding diaryl/α,β-unsaturated/α-hetero) is 1. The van der Waals surface area contributed by atoms with Gasteiger partial charge < -0.3 is 9.47 Å². The molecular weight excluding hydrogens is 132 g/mol. The smallest absolute Gasteiger partial charge is 0.189 e. The first-order valence-corrected chi connectivity index (χ1v) is 3.35. The number of hydrogen-bond donors (Lipinski definition) is 0. The second-order valence-electron chi connectivity index (χ2n) is 2.66. The van der Waals surface area contributed by atoms with Crippen LogP contribution < -0.4 is 0 Å². The van der Waals surface area contributed by atoms with Gasteiger partial charge in [-0.3, -0.25) is 4.79 Å². The Bertz CT molecular complexity index is 144. The van der Waals surface area contributed by atoms with E-state index < -0.39 is 5.60 Å². The van der Waals surface area contributed by atoms with Crippen LogP contribution in [-0.4, -0.2) is 31.7 Å². The van der Waals surface area contributed by atoms with Crippen LogP contribution in [0.5, 0.6) is 0 Å². The van der Waals surface area contributed by atoms with Crippen LogP contribution in [-0.2, 0) is 14.3 Å². The number of methoxy groups -OCH3 is 1. The fraction of sp³-hybridized carbons (Fsp3) is 0.857. The van der Waals surface area contributed by atoms with Crippen molar-refractivity contribution in [2.75, 3.05) is 20.3 Å². The maximum absolute atomic E-state index is 11.1. The van der Waals surface area contributed by atoms with Crippen LogP contribution in [0.15, 0.2) is 0 Å². The van der Waals surface area contributed by atoms with Gasteiger partial charge in [0.05, 0.1) is 6.61 Å². The molecule has 0 N–H and O–H groups in total. The van der Waals surface area contributed by atoms with Crippen molar-refractivity contribution in [2.24, 2.45) is 0 Å². The Hall–Kier alpha value is -0.410. The summed E-state index contributed by atoms with van der Waals surface area (Å²) < 4.78 is 10.0. The van der Waals surface area contributed by atoms with Crippen molar-refractivity contribution in [3.05, 3.63) is 0 Å². The topological polar surface area (TPSA) is 35.5 Å². The minimum atomic E-state index is -0.585. The molecule has 58 valence electrons. The Kier molecular flexibility index (Phi) is 2.06. The first kappa shape index (κ1) is 7.69. The molecule has 0 bridgehead atoms. The van der Waals surface area contributed by atoms with E-state index in [1.54, 1.807) is 14.0 Å². The third-order valence-corrected chi connectivity index (χ3v) is 2.00. The predicted molar refractivity (Wildman–Crippen MR) is 35.9 cm³/mol. The lowest BCUT2D eigenvalue weighted by Crippen LogP contribution is -2.44. The Labute approximate surface area is 60.3 Å². The molecule has 0 aromatic rings. The SMILES string of the molecule is COC1(C)CCOCC1=O. The van der Waals surface area contributed by atoms with Crippen molar-refractivity contribution in [2.45, 2.75) is 18.9 Å². The molecule has 0 aliphatic carbocycles. The maximum atomic E-state index is 11.1. The van der Waals surface area contributed by atoms with Gasteiger partial charge in [-0.2, -0.15) is 0 Å². The predicted octanol–water partition coefficient (Wildman–Crippen LogP) is 0.381. The molecule has 0 radical (unpaired) electrons. The van der Waals surface area contributed by atoms with Gasteiger partial charge in [0.1, 0.15) is 12.2 Å². The normalized spacial score (nSPS) is 34.4. The third-order valence-electron chi connectivity index (χ3n) is 2.00. The van der Waals surface area contributed by atoms with Gasteiger partial charge in [-0.1, -0.05) is 0 Å². The van der Waals surface area contributed by atoms with Crippen LogP contribution in [0, 0.1) is 0 Å². The van der Waals surface area contributed by atoms with Gasteiger partial charge in [-0.25, -0.2) is 0 Å². The molecule has 1 atom stereocenters. The molecule has 1 heterocycles. The highest BCUT2D eigenvalue weighted by Crippen LogP contribution is 2.19. The van der Waals surface area contributed by atoms with Crippen LogP contribution >= 0.6 is 0 Å². The lowest BCUT2D eigenvalue weighted by atomic mass is 9.95. The quantitative estimate of drug-likeness (QED) is 0.533. The summed E-state index contributed by atoms with van der Waals surface area (Å²) in [5.41, 5.74) is -0.585. The van der Waals surface area contributed by atoms with E-state index in [0.717, 1.165) is 0 Å². The number of rotatable bonds is 1. The lowest BCUT2D eigenvalue weighted by molar-refractivity contribution is -0.154. The zero-order valence-corrected chi connectivity index (χ0v) is 6.35. The molecule has 0 aromatic carbocycles. The van der Waals surface area contributed by atoms with Gasteiger partial charge in [-0.15, -0.1) is 0 Å². The second kappa shape index (κ2) is 2.68. The molecule has 0 spiro atoms. The van der Waals surface area contributed by atoms with Gasteiger partial charge in [0.15, 0.2) is 5.78 Å². The highest BCUT2D eigenvalue weighted by molar-refractivity contribution is 5.88. The van der Waals surface area contributed by atoms with Crippen LogP contribution in [0.25, 0.3) is 0 Å². The Morgan fingerprint density at radius 1 is 1.70 bits per heavy atom. The average molecular weight is 144 g/mol. The summed E-state index contributed by atoms with van der Waals surface area (Å²) >= 11 is 0. The molecule has 3 nitrogen and oxygen atoms in total. The monoisotopic (exact) mass is 144 g/mol. The lowest BCUT2D eigenvalue weighted by Gasteiger charge is -2.30. The zero-order valence-electron chi connectivity index (χ0n) is 6.35. The van der Waals surface area contributed by atoms with E-state index in [4.69, 9.17) is 9.47 Å². The number of carbonyl (C=O) groups is 1. The van der Waals surface area contributed by atoms with E-state index in [1.807, 2.05) is 0 Å². The van der Waals surface area contributed by atoms with Gasteiger partial charge in [0, 0.05) is 13.5 Å². The van der Waals surface area contributed by atoms with E-state index >= 15 is 0 Å². The zero-order chi connectivity index (χ0) is 7.61. The molecular formula is C7H12O3. The summed E-state index contributed by atoms with van der Waals surface area (Å²) in [5, 5.41) is 0. The van der Waals surface area contributed by atoms with E-state index in [-0.39, 0.29) is 12.4 Å². The van der Waals surface area contributed by atoms with Crippen molar-refractivity contribution < 1.29 is 14.3 Å². The summed E-state index contributed by atoms with van der Waals surface area (Å²) in [6.45, 7) is 2.62. The minimum absolute atomic E-state index is 0.0428. The van der Waals surface area contributed by atoms with Crippen molar-refractivity contribution in [1.82, 2.24) is 0 Å². The third kappa shape index (κ3) is 1.20. The fourth-order valence-electron chi connectivity index (χ4n) is 0.940. The van der Waals surface area contributed by atoms with Crippen LogP contribution in [0.2, 0.25) is 0 Å². The first-order chi connectivity index (χ1) is 4.69. The molecule has 10 heavy (non-hydrogen) atoms. The van der Waals surface area contributed by atoms with Gasteiger partial charge in [0.25, 0.3) is 0 Å². The maximum Gasteiger partial charge on any atom is 0.189 e. The van der Waals surface area contributed by atoms with Gasteiger partial charge in [-0.05, 0) is 6.92 Å². The summed E-state index contributed by atoms with van der Waals surface area (Å²) in [6, 6.07) is 0. The van der Waals surface area contributed by atoms with Crippen molar-refractivity contribution >= 4 is 5.78 Å². The molecule has 3 heteroatoms. The summed E-state index contributed by atoms with van der Waals surface area (Å²) in [4.78, 5) is 11.1. The highest BCUT2D eigenvalue weighted by Gasteiger charge is 2.35. The van der Waals surface area contributed by atoms with Gasteiger partial charge in [0.2, 0.25) is 0 Å². The summed E-state index contributed by atoms with van der Waals surface area (Å²) in [6.07, 6.45) is 0.669. The second-order valence-corrected chi connectivity index (χ2v) is 2.66. The molecule has 1 rings (SSSR count). The molecule has 1 aliphatic rings. The molecule has 1 saturated heterocycles. The highest BCUT2D eigenvalue weighted by atomic mass is 16.5. The number of hydrogen-bond acceptors (Lipinski definition) is 3. The summed E-state index contributed by atoms with van der Waals surface area (Å²) in [5.74, 6) is 0.0428. The van der Waals surface area contributed by atoms with Crippen molar-refractivity contribution in [3.63, 3.8) is 0 Å². The standard InChI is InChI=1S/C7H12O3/c1-7(9-2)3-4-10-5-6(7)8/h3-5H2,1-2H3. The Morgan fingerprint density at radius 3 is 2.80 bits per heavy atom. The Morgan fingerprint density at radius 2 is 2.40 bits per heavy atom. The Balaban J connectivity index is 2.63. The van der Waals surface area contributed by atoms with E-state index in [1.165, 1.54) is 0 Å². The molecule has 1 unspecified atom stereocenters. The fourth-order valence-corrected chi connectivity index (χ4v) is 0.940. The number of carbonyl (C=O) groups excluding carboxylic acids is 1. The number of ketones is 1. The van der Waals surface area contributed by atoms with Crippen molar-refractivity contribution in [3.8, 4) is 0 Å². The molecule has 1 fully saturated rings.